The zero-order valence-electron chi connectivity index (χ0n) is 25.6. The number of hydrogen-bond donors (Lipinski definition) is 0. The van der Waals surface area contributed by atoms with Crippen molar-refractivity contribution in [3.8, 4) is 0 Å². The van der Waals surface area contributed by atoms with E-state index in [1.807, 2.05) is 45.0 Å². The van der Waals surface area contributed by atoms with Crippen LogP contribution in [-0.4, -0.2) is 33.1 Å². The molecule has 8 heteroatoms. The van der Waals surface area contributed by atoms with Crippen molar-refractivity contribution in [2.45, 2.75) is 72.2 Å². The molecule has 2 aliphatic rings. The Hall–Kier alpha value is -3.62. The summed E-state index contributed by atoms with van der Waals surface area (Å²) < 4.78 is 73.4. The van der Waals surface area contributed by atoms with Crippen molar-refractivity contribution in [1.82, 2.24) is 0 Å². The highest BCUT2D eigenvalue weighted by Gasteiger charge is 2.56. The number of rotatable bonds is 6. The second-order valence-electron chi connectivity index (χ2n) is 12.8. The van der Waals surface area contributed by atoms with Crippen LogP contribution in [0.1, 0.15) is 58.9 Å². The number of ketones is 1. The molecule has 0 aliphatic heterocycles. The zero-order chi connectivity index (χ0) is 32.1. The molecule has 0 amide bonds. The van der Waals surface area contributed by atoms with Gasteiger partial charge in [0.15, 0.2) is 19.7 Å². The summed E-state index contributed by atoms with van der Waals surface area (Å²) in [5, 5.41) is -2.09. The highest BCUT2D eigenvalue weighted by Crippen LogP contribution is 2.54. The van der Waals surface area contributed by atoms with Gasteiger partial charge in [0.1, 0.15) is 11.6 Å². The zero-order valence-corrected chi connectivity index (χ0v) is 27.2. The third-order valence-corrected chi connectivity index (χ3v) is 14.5. The minimum atomic E-state index is -4.02. The summed E-state index contributed by atoms with van der Waals surface area (Å²) in [5.74, 6) is -3.67. The number of hydrogen-bond acceptors (Lipinski definition) is 5. The van der Waals surface area contributed by atoms with E-state index in [1.165, 1.54) is 6.07 Å². The summed E-state index contributed by atoms with van der Waals surface area (Å²) in [7, 11) is -8.02. The molecular weight excluding hydrogens is 608 g/mol. The van der Waals surface area contributed by atoms with Crippen LogP contribution >= 0.6 is 0 Å². The number of Topliss-reactive ketones (excluding diaryl/α,β-unsaturated/α-hetero) is 1. The Labute approximate surface area is 265 Å². The van der Waals surface area contributed by atoms with Crippen molar-refractivity contribution in [2.24, 2.45) is 11.8 Å². The molecule has 4 aromatic rings. The van der Waals surface area contributed by atoms with Crippen LogP contribution in [0.2, 0.25) is 0 Å². The van der Waals surface area contributed by atoms with E-state index in [0.717, 1.165) is 22.3 Å². The molecule has 6 unspecified atom stereocenters. The number of carbonyl (C=O) groups is 1. The lowest BCUT2D eigenvalue weighted by molar-refractivity contribution is -0.128. The number of fused-ring (bicyclic) bond motifs is 1. The number of sulfone groups is 2. The largest absolute Gasteiger partial charge is 0.299 e. The highest BCUT2D eigenvalue weighted by atomic mass is 32.2. The van der Waals surface area contributed by atoms with Gasteiger partial charge in [-0.15, -0.1) is 0 Å². The fourth-order valence-electron chi connectivity index (χ4n) is 7.52. The average Bonchev–Trinajstić information content (AvgIpc) is 3.01. The number of halogens is 1. The van der Waals surface area contributed by atoms with E-state index in [1.54, 1.807) is 66.7 Å². The topological polar surface area (TPSA) is 85.3 Å². The van der Waals surface area contributed by atoms with E-state index in [-0.39, 0.29) is 40.4 Å². The van der Waals surface area contributed by atoms with E-state index < -0.39 is 59.7 Å². The summed E-state index contributed by atoms with van der Waals surface area (Å²) in [6.07, 6.45) is -0.0356. The quantitative estimate of drug-likeness (QED) is 0.220. The van der Waals surface area contributed by atoms with Crippen molar-refractivity contribution in [2.75, 3.05) is 0 Å². The molecule has 45 heavy (non-hydrogen) atoms. The molecule has 0 heterocycles. The maximum atomic E-state index is 15.5. The van der Waals surface area contributed by atoms with Crippen LogP contribution in [0.4, 0.5) is 4.39 Å². The van der Waals surface area contributed by atoms with E-state index in [9.17, 15) is 21.6 Å². The second kappa shape index (κ2) is 12.0. The standard InChI is InChI=1S/C37H37FO5S2/c1-23-8-14-26(15-9-23)30-21-35(39)31-22-36(44(40,41)27-16-10-24(2)11-17-27)32(29-6-4-5-7-34(29)38)20-33(31)37(30)45(42,43)28-18-12-25(3)13-19-28/h4-19,30-33,36-37H,20-22H2,1-3H3. The Balaban J connectivity index is 1.52. The predicted molar refractivity (Wildman–Crippen MR) is 173 cm³/mol. The van der Waals surface area contributed by atoms with Gasteiger partial charge < -0.3 is 0 Å². The Bertz CT molecular complexity index is 1930. The lowest BCUT2D eigenvalue weighted by Gasteiger charge is -2.48. The molecule has 5 nitrogen and oxygen atoms in total. The third kappa shape index (κ3) is 5.79. The molecule has 0 N–H and O–H groups in total. The Morgan fingerprint density at radius 1 is 0.600 bits per heavy atom. The Morgan fingerprint density at radius 2 is 1.11 bits per heavy atom. The SMILES string of the molecule is Cc1ccc(C2CC(=O)C3CC(S(=O)(=O)c4ccc(C)cc4)C(c4ccccc4F)CC3C2S(=O)(=O)c2ccc(C)cc2)cc1. The molecule has 0 aromatic heterocycles. The average molecular weight is 645 g/mol. The van der Waals surface area contributed by atoms with Crippen molar-refractivity contribution in [3.63, 3.8) is 0 Å². The first-order valence-corrected chi connectivity index (χ1v) is 18.4. The van der Waals surface area contributed by atoms with Gasteiger partial charge in [0.2, 0.25) is 0 Å². The molecule has 6 rings (SSSR count). The third-order valence-electron chi connectivity index (χ3n) is 9.90. The summed E-state index contributed by atoms with van der Waals surface area (Å²) >= 11 is 0. The van der Waals surface area contributed by atoms with Crippen molar-refractivity contribution in [1.29, 1.82) is 0 Å². The molecule has 6 atom stereocenters. The second-order valence-corrected chi connectivity index (χ2v) is 17.0. The molecule has 2 aliphatic carbocycles. The molecule has 2 fully saturated rings. The Morgan fingerprint density at radius 3 is 1.67 bits per heavy atom. The fraction of sp³-hybridized carbons (Fsp3) is 0.324. The van der Waals surface area contributed by atoms with Crippen molar-refractivity contribution >= 4 is 25.5 Å². The number of benzene rings is 4. The maximum Gasteiger partial charge on any atom is 0.182 e. The van der Waals surface area contributed by atoms with E-state index in [0.29, 0.717) is 0 Å². The van der Waals surface area contributed by atoms with Gasteiger partial charge >= 0.3 is 0 Å². The molecule has 0 radical (unpaired) electrons. The maximum absolute atomic E-state index is 15.5. The molecule has 0 saturated heterocycles. The van der Waals surface area contributed by atoms with Gasteiger partial charge in [-0.1, -0.05) is 83.4 Å². The number of carbonyl (C=O) groups excluding carboxylic acids is 1. The predicted octanol–water partition coefficient (Wildman–Crippen LogP) is 7.30. The monoisotopic (exact) mass is 644 g/mol. The molecule has 0 spiro atoms. The first kappa shape index (κ1) is 31.4. The fourth-order valence-corrected chi connectivity index (χ4v) is 11.8. The molecule has 4 aromatic carbocycles. The smallest absolute Gasteiger partial charge is 0.182 e. The van der Waals surface area contributed by atoms with Gasteiger partial charge in [0.05, 0.1) is 20.3 Å². The molecule has 2 saturated carbocycles. The summed E-state index contributed by atoms with van der Waals surface area (Å²) in [5.41, 5.74) is 3.82. The molecule has 0 bridgehead atoms. The van der Waals surface area contributed by atoms with Gasteiger partial charge in [-0.05, 0) is 81.0 Å². The highest BCUT2D eigenvalue weighted by molar-refractivity contribution is 7.92. The summed E-state index contributed by atoms with van der Waals surface area (Å²) in [6.45, 7) is 5.69. The van der Waals surface area contributed by atoms with E-state index in [2.05, 4.69) is 0 Å². The normalized spacial score (nSPS) is 25.5. The van der Waals surface area contributed by atoms with Crippen molar-refractivity contribution < 1.29 is 26.0 Å². The van der Waals surface area contributed by atoms with Crippen molar-refractivity contribution in [3.05, 3.63) is 131 Å². The lowest BCUT2D eigenvalue weighted by Crippen LogP contribution is -2.53. The van der Waals surface area contributed by atoms with Crippen LogP contribution in [0.5, 0.6) is 0 Å². The first-order valence-electron chi connectivity index (χ1n) is 15.3. The minimum Gasteiger partial charge on any atom is -0.299 e. The Kier molecular flexibility index (Phi) is 8.33. The van der Waals surface area contributed by atoms with Crippen LogP contribution in [-0.2, 0) is 24.5 Å². The van der Waals surface area contributed by atoms with Gasteiger partial charge in [0.25, 0.3) is 0 Å². The van der Waals surface area contributed by atoms with Crippen LogP contribution < -0.4 is 0 Å². The minimum absolute atomic E-state index is 0.0123. The van der Waals surface area contributed by atoms with Crippen LogP contribution in [0.25, 0.3) is 0 Å². The van der Waals surface area contributed by atoms with Crippen LogP contribution in [0, 0.1) is 38.4 Å². The molecular formula is C37H37FO5S2. The van der Waals surface area contributed by atoms with Crippen LogP contribution in [0.15, 0.2) is 107 Å². The first-order chi connectivity index (χ1) is 21.4. The summed E-state index contributed by atoms with van der Waals surface area (Å²) in [6, 6.07) is 27.0. The molecule has 234 valence electrons. The van der Waals surface area contributed by atoms with Crippen LogP contribution in [0.3, 0.4) is 0 Å². The lowest BCUT2D eigenvalue weighted by atomic mass is 9.61. The summed E-state index contributed by atoms with van der Waals surface area (Å²) in [4.78, 5) is 14.3. The van der Waals surface area contributed by atoms with Gasteiger partial charge in [-0.3, -0.25) is 4.79 Å². The number of aryl methyl sites for hydroxylation is 3. The van der Waals surface area contributed by atoms with E-state index in [4.69, 9.17) is 0 Å². The van der Waals surface area contributed by atoms with Gasteiger partial charge in [-0.25, -0.2) is 21.2 Å². The van der Waals surface area contributed by atoms with E-state index >= 15 is 4.39 Å². The van der Waals surface area contributed by atoms with Gasteiger partial charge in [-0.2, -0.15) is 0 Å². The van der Waals surface area contributed by atoms with Gasteiger partial charge in [0, 0.05) is 24.2 Å².